The molecule has 0 saturated carbocycles. The molecule has 4 nitrogen and oxygen atoms in total. The van der Waals surface area contributed by atoms with Crippen LogP contribution in [0.5, 0.6) is 5.75 Å². The van der Waals surface area contributed by atoms with E-state index in [1.165, 1.54) is 6.08 Å². The second kappa shape index (κ2) is 5.93. The summed E-state index contributed by atoms with van der Waals surface area (Å²) in [5.41, 5.74) is 1.36. The SMILES string of the molecule is COc1ccc(/C=C\C(=O)C2=C(O)c3ccccc3C2=O)cc1. The van der Waals surface area contributed by atoms with Gasteiger partial charge in [0.15, 0.2) is 5.78 Å². The lowest BCUT2D eigenvalue weighted by molar-refractivity contribution is -0.110. The highest BCUT2D eigenvalue weighted by Crippen LogP contribution is 2.31. The fourth-order valence-corrected chi connectivity index (χ4v) is 2.46. The summed E-state index contributed by atoms with van der Waals surface area (Å²) in [5, 5.41) is 10.1. The zero-order chi connectivity index (χ0) is 16.4. The standard InChI is InChI=1S/C19H14O4/c1-23-13-9-6-12(7-10-13)8-11-16(20)17-18(21)14-4-2-3-5-15(14)19(17)22/h2-11,21H,1H3/b11-8-. The van der Waals surface area contributed by atoms with Gasteiger partial charge in [-0.15, -0.1) is 0 Å². The molecule has 0 bridgehead atoms. The maximum Gasteiger partial charge on any atom is 0.201 e. The van der Waals surface area contributed by atoms with Gasteiger partial charge in [-0.3, -0.25) is 9.59 Å². The van der Waals surface area contributed by atoms with Crippen LogP contribution in [0, 0.1) is 0 Å². The molecule has 0 atom stereocenters. The molecule has 2 aromatic rings. The van der Waals surface area contributed by atoms with Crippen LogP contribution in [0.2, 0.25) is 0 Å². The molecule has 1 N–H and O–H groups in total. The number of ether oxygens (including phenoxy) is 1. The molecule has 0 unspecified atom stereocenters. The molecule has 0 heterocycles. The van der Waals surface area contributed by atoms with Gasteiger partial charge in [-0.2, -0.15) is 0 Å². The summed E-state index contributed by atoms with van der Waals surface area (Å²) >= 11 is 0. The number of methoxy groups -OCH3 is 1. The average Bonchev–Trinajstić information content (AvgIpc) is 2.85. The predicted octanol–water partition coefficient (Wildman–Crippen LogP) is 3.44. The first-order valence-electron chi connectivity index (χ1n) is 7.05. The minimum Gasteiger partial charge on any atom is -0.506 e. The second-order valence-electron chi connectivity index (χ2n) is 5.07. The molecule has 0 spiro atoms. The lowest BCUT2D eigenvalue weighted by Gasteiger charge is -1.99. The van der Waals surface area contributed by atoms with E-state index in [0.29, 0.717) is 11.1 Å². The Morgan fingerprint density at radius 2 is 1.70 bits per heavy atom. The summed E-state index contributed by atoms with van der Waals surface area (Å²) in [6, 6.07) is 13.8. The number of Topliss-reactive ketones (excluding diaryl/α,β-unsaturated/α-hetero) is 1. The summed E-state index contributed by atoms with van der Waals surface area (Å²) in [4.78, 5) is 24.5. The zero-order valence-electron chi connectivity index (χ0n) is 12.4. The van der Waals surface area contributed by atoms with Crippen molar-refractivity contribution in [2.45, 2.75) is 0 Å². The van der Waals surface area contributed by atoms with Crippen LogP contribution in [0.25, 0.3) is 11.8 Å². The summed E-state index contributed by atoms with van der Waals surface area (Å²) in [6.45, 7) is 0. The summed E-state index contributed by atoms with van der Waals surface area (Å²) < 4.78 is 5.06. The topological polar surface area (TPSA) is 63.6 Å². The van der Waals surface area contributed by atoms with E-state index < -0.39 is 11.6 Å². The van der Waals surface area contributed by atoms with E-state index in [4.69, 9.17) is 4.74 Å². The smallest absolute Gasteiger partial charge is 0.201 e. The van der Waals surface area contributed by atoms with Crippen LogP contribution in [0.1, 0.15) is 21.5 Å². The normalized spacial score (nSPS) is 13.5. The van der Waals surface area contributed by atoms with E-state index in [-0.39, 0.29) is 11.3 Å². The fourth-order valence-electron chi connectivity index (χ4n) is 2.46. The largest absolute Gasteiger partial charge is 0.506 e. The van der Waals surface area contributed by atoms with Crippen LogP contribution in [-0.4, -0.2) is 23.8 Å². The van der Waals surface area contributed by atoms with Crippen LogP contribution >= 0.6 is 0 Å². The highest BCUT2D eigenvalue weighted by molar-refractivity contribution is 6.36. The third-order valence-corrected chi connectivity index (χ3v) is 3.68. The molecule has 1 aliphatic rings. The van der Waals surface area contributed by atoms with Crippen molar-refractivity contribution in [1.82, 2.24) is 0 Å². The first-order chi connectivity index (χ1) is 11.1. The van der Waals surface area contributed by atoms with Crippen LogP contribution < -0.4 is 4.74 Å². The summed E-state index contributed by atoms with van der Waals surface area (Å²) in [6.07, 6.45) is 2.88. The number of aliphatic hydroxyl groups is 1. The van der Waals surface area contributed by atoms with Crippen molar-refractivity contribution in [3.8, 4) is 5.75 Å². The number of carbonyl (C=O) groups excluding carboxylic acids is 2. The Morgan fingerprint density at radius 3 is 2.30 bits per heavy atom. The first-order valence-corrected chi connectivity index (χ1v) is 7.05. The van der Waals surface area contributed by atoms with E-state index in [1.807, 2.05) is 0 Å². The number of rotatable bonds is 4. The van der Waals surface area contributed by atoms with Gasteiger partial charge in [0.25, 0.3) is 0 Å². The number of hydrogen-bond acceptors (Lipinski definition) is 4. The molecule has 0 aromatic heterocycles. The van der Waals surface area contributed by atoms with Crippen molar-refractivity contribution in [1.29, 1.82) is 0 Å². The minimum absolute atomic E-state index is 0.184. The van der Waals surface area contributed by atoms with Crippen molar-refractivity contribution in [3.63, 3.8) is 0 Å². The molecule has 0 aliphatic heterocycles. The summed E-state index contributed by atoms with van der Waals surface area (Å²) in [7, 11) is 1.58. The number of carbonyl (C=O) groups is 2. The van der Waals surface area contributed by atoms with E-state index in [9.17, 15) is 14.7 Å². The number of benzene rings is 2. The summed E-state index contributed by atoms with van der Waals surface area (Å²) in [5.74, 6) is -0.493. The molecular weight excluding hydrogens is 292 g/mol. The highest BCUT2D eigenvalue weighted by atomic mass is 16.5. The molecule has 23 heavy (non-hydrogen) atoms. The molecule has 1 aliphatic carbocycles. The Bertz CT molecular complexity index is 842. The molecule has 0 radical (unpaired) electrons. The van der Waals surface area contributed by atoms with Crippen molar-refractivity contribution < 1.29 is 19.4 Å². The predicted molar refractivity (Wildman–Crippen MR) is 87.4 cm³/mol. The first kappa shape index (κ1) is 14.8. The molecule has 0 saturated heterocycles. The molecule has 0 fully saturated rings. The molecule has 3 rings (SSSR count). The monoisotopic (exact) mass is 306 g/mol. The van der Waals surface area contributed by atoms with Crippen molar-refractivity contribution in [2.75, 3.05) is 7.11 Å². The van der Waals surface area contributed by atoms with Crippen molar-refractivity contribution in [2.24, 2.45) is 0 Å². The molecule has 0 amide bonds. The quantitative estimate of drug-likeness (QED) is 0.694. The van der Waals surface area contributed by atoms with Gasteiger partial charge in [0.2, 0.25) is 5.78 Å². The van der Waals surface area contributed by atoms with Crippen LogP contribution in [0.4, 0.5) is 0 Å². The maximum absolute atomic E-state index is 12.3. The minimum atomic E-state index is -0.514. The maximum atomic E-state index is 12.3. The Morgan fingerprint density at radius 1 is 1.04 bits per heavy atom. The highest BCUT2D eigenvalue weighted by Gasteiger charge is 2.32. The van der Waals surface area contributed by atoms with E-state index >= 15 is 0 Å². The number of ketones is 2. The van der Waals surface area contributed by atoms with Gasteiger partial charge in [0.1, 0.15) is 17.1 Å². The Kier molecular flexibility index (Phi) is 3.81. The number of aliphatic hydroxyl groups excluding tert-OH is 1. The average molecular weight is 306 g/mol. The zero-order valence-corrected chi connectivity index (χ0v) is 12.4. The van der Waals surface area contributed by atoms with Crippen LogP contribution in [-0.2, 0) is 4.79 Å². The van der Waals surface area contributed by atoms with Gasteiger partial charge in [0.05, 0.1) is 7.11 Å². The van der Waals surface area contributed by atoms with Crippen LogP contribution in [0.15, 0.2) is 60.2 Å². The van der Waals surface area contributed by atoms with Gasteiger partial charge in [-0.1, -0.05) is 42.5 Å². The number of hydrogen-bond donors (Lipinski definition) is 1. The molecule has 2 aromatic carbocycles. The van der Waals surface area contributed by atoms with Crippen molar-refractivity contribution >= 4 is 23.4 Å². The molecular formula is C19H14O4. The van der Waals surface area contributed by atoms with Gasteiger partial charge < -0.3 is 9.84 Å². The lowest BCUT2D eigenvalue weighted by atomic mass is 10.1. The van der Waals surface area contributed by atoms with Crippen LogP contribution in [0.3, 0.4) is 0 Å². The Balaban J connectivity index is 1.85. The van der Waals surface area contributed by atoms with E-state index in [2.05, 4.69) is 0 Å². The number of fused-ring (bicyclic) bond motifs is 1. The second-order valence-corrected chi connectivity index (χ2v) is 5.07. The molecule has 114 valence electrons. The van der Waals surface area contributed by atoms with Gasteiger partial charge in [-0.25, -0.2) is 0 Å². The molecule has 4 heteroatoms. The Labute approximate surface area is 133 Å². The van der Waals surface area contributed by atoms with Gasteiger partial charge in [0, 0.05) is 11.1 Å². The third-order valence-electron chi connectivity index (χ3n) is 3.68. The van der Waals surface area contributed by atoms with Gasteiger partial charge in [-0.05, 0) is 23.8 Å². The lowest BCUT2D eigenvalue weighted by Crippen LogP contribution is -2.08. The third kappa shape index (κ3) is 2.66. The van der Waals surface area contributed by atoms with Gasteiger partial charge >= 0.3 is 0 Å². The number of allylic oxidation sites excluding steroid dienone is 2. The van der Waals surface area contributed by atoms with Crippen molar-refractivity contribution in [3.05, 3.63) is 76.9 Å². The Hall–Kier alpha value is -3.14. The van der Waals surface area contributed by atoms with E-state index in [0.717, 1.165) is 11.3 Å². The fraction of sp³-hybridized carbons (Fsp3) is 0.0526. The van der Waals surface area contributed by atoms with E-state index in [1.54, 1.807) is 61.7 Å².